The van der Waals surface area contributed by atoms with E-state index in [1.165, 1.54) is 18.9 Å². The summed E-state index contributed by atoms with van der Waals surface area (Å²) >= 11 is 0. The minimum absolute atomic E-state index is 0.108. The number of nitrogens with one attached hydrogen (secondary N) is 1. The van der Waals surface area contributed by atoms with Gasteiger partial charge in [-0.2, -0.15) is 0 Å². The first-order chi connectivity index (χ1) is 8.60. The Morgan fingerprint density at radius 2 is 2.06 bits per heavy atom. The molecule has 0 fully saturated rings. The fourth-order valence-electron chi connectivity index (χ4n) is 1.63. The van der Waals surface area contributed by atoms with Crippen LogP contribution in [0.5, 0.6) is 0 Å². The van der Waals surface area contributed by atoms with Crippen molar-refractivity contribution < 1.29 is 9.90 Å². The minimum Gasteiger partial charge on any atom is -0.396 e. The van der Waals surface area contributed by atoms with Gasteiger partial charge in [0.15, 0.2) is 0 Å². The summed E-state index contributed by atoms with van der Waals surface area (Å²) in [5.74, 6) is 1.18. The molecule has 3 heteroatoms. The Balaban J connectivity index is 3.81. The molecule has 2 unspecified atom stereocenters. The fraction of sp³-hybridized carbons (Fsp3) is 0.667. The smallest absolute Gasteiger partial charge is 0.243 e. The number of hydrogen-bond acceptors (Lipinski definition) is 2. The second kappa shape index (κ2) is 11.0. The van der Waals surface area contributed by atoms with Crippen LogP contribution in [0.2, 0.25) is 0 Å². The third kappa shape index (κ3) is 10.1. The number of carbonyl (C=O) groups excluding carboxylic acids is 1. The Kier molecular flexibility index (Phi) is 10.4. The lowest BCUT2D eigenvalue weighted by Gasteiger charge is -2.11. The molecular formula is C15H27NO2. The van der Waals surface area contributed by atoms with Crippen molar-refractivity contribution in [2.75, 3.05) is 13.2 Å². The summed E-state index contributed by atoms with van der Waals surface area (Å²) in [6.45, 7) is 7.29. The quantitative estimate of drug-likeness (QED) is 0.377. The van der Waals surface area contributed by atoms with Crippen molar-refractivity contribution in [3.63, 3.8) is 0 Å². The maximum Gasteiger partial charge on any atom is 0.243 e. The highest BCUT2D eigenvalue weighted by molar-refractivity contribution is 5.87. The number of rotatable bonds is 9. The molecule has 0 radical (unpaired) electrons. The molecule has 0 saturated carbocycles. The maximum absolute atomic E-state index is 11.3. The van der Waals surface area contributed by atoms with Crippen LogP contribution in [-0.4, -0.2) is 24.2 Å². The van der Waals surface area contributed by atoms with Crippen molar-refractivity contribution in [2.45, 2.75) is 40.0 Å². The number of allylic oxidation sites excluding steroid dienone is 3. The minimum atomic E-state index is -0.109. The lowest BCUT2D eigenvalue weighted by atomic mass is 9.95. The molecule has 1 amide bonds. The number of hydrogen-bond donors (Lipinski definition) is 2. The van der Waals surface area contributed by atoms with E-state index in [0.717, 1.165) is 5.92 Å². The van der Waals surface area contributed by atoms with E-state index in [1.54, 1.807) is 6.08 Å². The molecule has 2 N–H and O–H groups in total. The first-order valence-electron chi connectivity index (χ1n) is 6.83. The van der Waals surface area contributed by atoms with Gasteiger partial charge in [0.05, 0.1) is 0 Å². The zero-order chi connectivity index (χ0) is 13.8. The van der Waals surface area contributed by atoms with Crippen LogP contribution in [0.25, 0.3) is 0 Å². The molecule has 0 aliphatic heterocycles. The summed E-state index contributed by atoms with van der Waals surface area (Å²) in [5, 5.41) is 11.3. The maximum atomic E-state index is 11.3. The van der Waals surface area contributed by atoms with Crippen LogP contribution in [-0.2, 0) is 4.79 Å². The zero-order valence-corrected chi connectivity index (χ0v) is 11.9. The van der Waals surface area contributed by atoms with E-state index >= 15 is 0 Å². The van der Waals surface area contributed by atoms with Crippen LogP contribution in [0.1, 0.15) is 40.0 Å². The Labute approximate surface area is 111 Å². The summed E-state index contributed by atoms with van der Waals surface area (Å²) in [4.78, 5) is 11.3. The van der Waals surface area contributed by atoms with Crippen molar-refractivity contribution in [1.29, 1.82) is 0 Å². The summed E-state index contributed by atoms with van der Waals surface area (Å²) in [7, 11) is 0. The zero-order valence-electron chi connectivity index (χ0n) is 11.9. The Morgan fingerprint density at radius 3 is 2.67 bits per heavy atom. The summed E-state index contributed by atoms with van der Waals surface area (Å²) < 4.78 is 0. The second-order valence-electron chi connectivity index (χ2n) is 4.84. The number of aliphatic hydroxyl groups is 1. The third-order valence-corrected chi connectivity index (χ3v) is 2.90. The number of aliphatic hydroxyl groups excluding tert-OH is 1. The molecule has 0 aromatic carbocycles. The van der Waals surface area contributed by atoms with E-state index in [2.05, 4.69) is 32.2 Å². The predicted molar refractivity (Wildman–Crippen MR) is 76.2 cm³/mol. The van der Waals surface area contributed by atoms with Crippen molar-refractivity contribution >= 4 is 5.91 Å². The van der Waals surface area contributed by atoms with Crippen LogP contribution in [0.15, 0.2) is 24.3 Å². The van der Waals surface area contributed by atoms with Gasteiger partial charge in [-0.25, -0.2) is 0 Å². The van der Waals surface area contributed by atoms with Gasteiger partial charge in [0.2, 0.25) is 5.91 Å². The molecular weight excluding hydrogens is 226 g/mol. The van der Waals surface area contributed by atoms with Gasteiger partial charge in [0.25, 0.3) is 0 Å². The molecule has 0 rings (SSSR count). The Bertz CT molecular complexity index is 272. The molecule has 0 spiro atoms. The van der Waals surface area contributed by atoms with Gasteiger partial charge in [-0.1, -0.05) is 45.4 Å². The molecule has 0 aromatic heterocycles. The Morgan fingerprint density at radius 1 is 1.33 bits per heavy atom. The van der Waals surface area contributed by atoms with Gasteiger partial charge in [0, 0.05) is 19.2 Å². The normalized spacial score (nSPS) is 15.1. The van der Waals surface area contributed by atoms with Gasteiger partial charge in [-0.3, -0.25) is 4.79 Å². The lowest BCUT2D eigenvalue weighted by Crippen LogP contribution is -2.22. The molecule has 104 valence electrons. The number of amides is 1. The average molecular weight is 253 g/mol. The van der Waals surface area contributed by atoms with E-state index in [4.69, 9.17) is 5.11 Å². The van der Waals surface area contributed by atoms with Gasteiger partial charge < -0.3 is 10.4 Å². The summed E-state index contributed by atoms with van der Waals surface area (Å²) in [5.41, 5.74) is 0. The van der Waals surface area contributed by atoms with Gasteiger partial charge in [-0.05, 0) is 24.7 Å². The van der Waals surface area contributed by atoms with Crippen molar-refractivity contribution in [1.82, 2.24) is 5.32 Å². The third-order valence-electron chi connectivity index (χ3n) is 2.90. The molecule has 3 nitrogen and oxygen atoms in total. The SMILES string of the molecule is CCC(C)CC(C)/C=C/C=C/C(=O)NCCCO. The molecule has 0 aliphatic rings. The summed E-state index contributed by atoms with van der Waals surface area (Å²) in [6, 6.07) is 0. The van der Waals surface area contributed by atoms with E-state index < -0.39 is 0 Å². The van der Waals surface area contributed by atoms with Crippen molar-refractivity contribution in [3.8, 4) is 0 Å². The highest BCUT2D eigenvalue weighted by Gasteiger charge is 2.02. The molecule has 2 atom stereocenters. The largest absolute Gasteiger partial charge is 0.396 e. The standard InChI is InChI=1S/C15H27NO2/c1-4-13(2)12-14(3)8-5-6-9-15(18)16-10-7-11-17/h5-6,8-9,13-14,17H,4,7,10-12H2,1-3H3,(H,16,18)/b8-5+,9-6+. The highest BCUT2D eigenvalue weighted by Crippen LogP contribution is 2.15. The molecule has 0 saturated heterocycles. The topological polar surface area (TPSA) is 49.3 Å². The van der Waals surface area contributed by atoms with Crippen LogP contribution in [0.4, 0.5) is 0 Å². The van der Waals surface area contributed by atoms with E-state index in [9.17, 15) is 4.79 Å². The van der Waals surface area contributed by atoms with Crippen LogP contribution in [0.3, 0.4) is 0 Å². The lowest BCUT2D eigenvalue weighted by molar-refractivity contribution is -0.116. The first kappa shape index (κ1) is 16.9. The van der Waals surface area contributed by atoms with E-state index in [-0.39, 0.29) is 12.5 Å². The Hall–Kier alpha value is -1.09. The molecule has 0 aromatic rings. The highest BCUT2D eigenvalue weighted by atomic mass is 16.3. The van der Waals surface area contributed by atoms with Crippen molar-refractivity contribution in [3.05, 3.63) is 24.3 Å². The van der Waals surface area contributed by atoms with Crippen LogP contribution >= 0.6 is 0 Å². The van der Waals surface area contributed by atoms with Gasteiger partial charge in [0.1, 0.15) is 0 Å². The number of carbonyl (C=O) groups is 1. The molecule has 0 heterocycles. The van der Waals surface area contributed by atoms with Gasteiger partial charge in [-0.15, -0.1) is 0 Å². The molecule has 18 heavy (non-hydrogen) atoms. The first-order valence-corrected chi connectivity index (χ1v) is 6.83. The van der Waals surface area contributed by atoms with Crippen LogP contribution in [0, 0.1) is 11.8 Å². The predicted octanol–water partition coefficient (Wildman–Crippen LogP) is 2.67. The van der Waals surface area contributed by atoms with Crippen molar-refractivity contribution in [2.24, 2.45) is 11.8 Å². The monoisotopic (exact) mass is 253 g/mol. The van der Waals surface area contributed by atoms with E-state index in [0.29, 0.717) is 18.9 Å². The fourth-order valence-corrected chi connectivity index (χ4v) is 1.63. The summed E-state index contributed by atoms with van der Waals surface area (Å²) in [6.07, 6.45) is 10.3. The molecule has 0 aliphatic carbocycles. The second-order valence-corrected chi connectivity index (χ2v) is 4.84. The van der Waals surface area contributed by atoms with E-state index in [1.807, 2.05) is 6.08 Å². The van der Waals surface area contributed by atoms with Gasteiger partial charge >= 0.3 is 0 Å². The average Bonchev–Trinajstić information content (AvgIpc) is 2.34. The van der Waals surface area contributed by atoms with Crippen LogP contribution < -0.4 is 5.32 Å². The molecule has 0 bridgehead atoms.